The molecule has 4 aromatic rings. The molecular weight excluding hydrogens is 518 g/mol. The van der Waals surface area contributed by atoms with Gasteiger partial charge in [-0.25, -0.2) is 4.57 Å². The summed E-state index contributed by atoms with van der Waals surface area (Å²) >= 11 is 0. The fraction of sp³-hybridized carbons (Fsp3) is 0.242. The van der Waals surface area contributed by atoms with Crippen LogP contribution in [0.25, 0.3) is 5.76 Å². The molecule has 41 heavy (non-hydrogen) atoms. The number of ketones is 1. The number of imidazole rings is 1. The highest BCUT2D eigenvalue weighted by Crippen LogP contribution is 2.41. The molecule has 208 valence electrons. The van der Waals surface area contributed by atoms with Gasteiger partial charge in [0.1, 0.15) is 42.4 Å². The van der Waals surface area contributed by atoms with Gasteiger partial charge in [-0.2, -0.15) is 0 Å². The molecule has 8 nitrogen and oxygen atoms in total. The number of fused-ring (bicyclic) bond motifs is 1. The third kappa shape index (κ3) is 5.45. The number of nitrogens with one attached hydrogen (secondary N) is 1. The van der Waals surface area contributed by atoms with Gasteiger partial charge in [-0.05, 0) is 53.9 Å². The van der Waals surface area contributed by atoms with Crippen LogP contribution in [0.2, 0.25) is 0 Å². The summed E-state index contributed by atoms with van der Waals surface area (Å²) in [6.45, 7) is 3.45. The van der Waals surface area contributed by atoms with Crippen molar-refractivity contribution in [2.75, 3.05) is 6.54 Å². The van der Waals surface area contributed by atoms with Crippen molar-refractivity contribution in [3.8, 4) is 11.5 Å². The highest BCUT2D eigenvalue weighted by atomic mass is 16.5. The number of Topliss-reactive ketones (excluding diaryl/α,β-unsaturated/α-hetero) is 1. The van der Waals surface area contributed by atoms with E-state index in [-0.39, 0.29) is 17.4 Å². The number of likely N-dealkylation sites (tertiary alicyclic amines) is 1. The summed E-state index contributed by atoms with van der Waals surface area (Å²) in [7, 11) is 0. The molecule has 1 saturated heterocycles. The van der Waals surface area contributed by atoms with Crippen LogP contribution in [0.4, 0.5) is 0 Å². The number of aryl methyl sites for hydroxylation is 1. The lowest BCUT2D eigenvalue weighted by atomic mass is 9.94. The number of nitrogens with zero attached hydrogens (tertiary/aromatic N) is 2. The van der Waals surface area contributed by atoms with Crippen molar-refractivity contribution in [2.24, 2.45) is 0 Å². The molecule has 2 unspecified atom stereocenters. The number of rotatable bonds is 9. The molecular formula is C33H32N3O5+. The second-order valence-corrected chi connectivity index (χ2v) is 10.5. The van der Waals surface area contributed by atoms with Crippen LogP contribution in [-0.2, 0) is 29.2 Å². The first-order valence-electron chi connectivity index (χ1n) is 13.8. The molecule has 0 saturated carbocycles. The molecule has 2 N–H and O–H groups in total. The summed E-state index contributed by atoms with van der Waals surface area (Å²) in [5, 5.41) is 11.5. The largest absolute Gasteiger partial charge is 0.507 e. The average Bonchev–Trinajstić information content (AvgIpc) is 3.71. The van der Waals surface area contributed by atoms with Gasteiger partial charge in [-0.1, -0.05) is 42.5 Å². The van der Waals surface area contributed by atoms with Gasteiger partial charge in [0.25, 0.3) is 11.7 Å². The van der Waals surface area contributed by atoms with Crippen molar-refractivity contribution in [3.63, 3.8) is 0 Å². The number of aromatic amines is 1. The van der Waals surface area contributed by atoms with Crippen LogP contribution in [0.3, 0.4) is 0 Å². The Morgan fingerprint density at radius 2 is 1.90 bits per heavy atom. The van der Waals surface area contributed by atoms with Crippen LogP contribution in [0.15, 0.2) is 97.1 Å². The summed E-state index contributed by atoms with van der Waals surface area (Å²) in [5.74, 6) is -0.0253. The van der Waals surface area contributed by atoms with Crippen molar-refractivity contribution in [2.45, 2.75) is 45.1 Å². The first-order valence-corrected chi connectivity index (χ1v) is 13.8. The SMILES string of the molecule is CC1Cc2cc(C(O)=C3C(=O)C(=O)N(CCC[n+]4cc[nH]c4)C3c3ccc(OCc4ccccc4)cc3)ccc2O1. The Hall–Kier alpha value is -4.85. The van der Waals surface area contributed by atoms with Crippen molar-refractivity contribution < 1.29 is 28.7 Å². The number of aliphatic hydroxyl groups excluding tert-OH is 1. The van der Waals surface area contributed by atoms with Crippen molar-refractivity contribution in [3.05, 3.63) is 119 Å². The number of hydrogen-bond acceptors (Lipinski definition) is 5. The van der Waals surface area contributed by atoms with E-state index in [0.29, 0.717) is 37.4 Å². The van der Waals surface area contributed by atoms with E-state index in [1.165, 1.54) is 0 Å². The van der Waals surface area contributed by atoms with E-state index < -0.39 is 17.7 Å². The Morgan fingerprint density at radius 3 is 2.66 bits per heavy atom. The molecule has 2 aliphatic rings. The number of ether oxygens (including phenoxy) is 2. The minimum Gasteiger partial charge on any atom is -0.507 e. The minimum atomic E-state index is -0.724. The van der Waals surface area contributed by atoms with Gasteiger partial charge in [0.05, 0.1) is 18.2 Å². The van der Waals surface area contributed by atoms with Crippen LogP contribution < -0.4 is 14.0 Å². The number of aliphatic hydroxyl groups is 1. The van der Waals surface area contributed by atoms with Crippen LogP contribution in [-0.4, -0.2) is 39.3 Å². The Balaban J connectivity index is 1.31. The molecule has 0 aliphatic carbocycles. The first kappa shape index (κ1) is 26.4. The molecule has 3 heterocycles. The highest BCUT2D eigenvalue weighted by molar-refractivity contribution is 6.46. The predicted octanol–water partition coefficient (Wildman–Crippen LogP) is 4.72. The van der Waals surface area contributed by atoms with Crippen molar-refractivity contribution in [1.29, 1.82) is 0 Å². The van der Waals surface area contributed by atoms with Gasteiger partial charge < -0.3 is 19.5 Å². The molecule has 8 heteroatoms. The van der Waals surface area contributed by atoms with Gasteiger partial charge in [-0.3, -0.25) is 14.6 Å². The number of hydrogen-bond donors (Lipinski definition) is 2. The van der Waals surface area contributed by atoms with Gasteiger partial charge in [0.2, 0.25) is 6.33 Å². The molecule has 6 rings (SSSR count). The lowest BCUT2D eigenvalue weighted by Gasteiger charge is -2.25. The Bertz CT molecular complexity index is 1580. The van der Waals surface area contributed by atoms with Gasteiger partial charge in [0, 0.05) is 24.9 Å². The normalized spacial score (nSPS) is 19.3. The monoisotopic (exact) mass is 550 g/mol. The average molecular weight is 551 g/mol. The fourth-order valence-corrected chi connectivity index (χ4v) is 5.55. The molecule has 1 amide bonds. The van der Waals surface area contributed by atoms with E-state index in [1.54, 1.807) is 11.0 Å². The maximum Gasteiger partial charge on any atom is 0.295 e. The Labute approximate surface area is 238 Å². The Kier molecular flexibility index (Phi) is 7.29. The second-order valence-electron chi connectivity index (χ2n) is 10.5. The number of benzene rings is 3. The standard InChI is InChI=1S/C33H31N3O5/c1-22-18-26-19-25(10-13-28(26)41-22)31(37)29-30(36(33(39)32(29)38)16-5-15-35-17-14-34-21-35)24-8-11-27(12-9-24)40-20-23-6-3-2-4-7-23/h2-4,6-14,17,19,21-22,30H,5,15-16,18,20H2,1H3,(H,37,38)/p+1. The number of H-pyrrole nitrogens is 1. The maximum absolute atomic E-state index is 13.4. The summed E-state index contributed by atoms with van der Waals surface area (Å²) < 4.78 is 13.7. The highest BCUT2D eigenvalue weighted by Gasteiger charge is 2.46. The number of amides is 1. The summed E-state index contributed by atoms with van der Waals surface area (Å²) in [4.78, 5) is 31.4. The fourth-order valence-electron chi connectivity index (χ4n) is 5.55. The van der Waals surface area contributed by atoms with Crippen LogP contribution >= 0.6 is 0 Å². The Morgan fingerprint density at radius 1 is 1.10 bits per heavy atom. The third-order valence-corrected chi connectivity index (χ3v) is 7.57. The lowest BCUT2D eigenvalue weighted by Crippen LogP contribution is -2.36. The summed E-state index contributed by atoms with van der Waals surface area (Å²) in [6, 6.07) is 22.0. The second kappa shape index (κ2) is 11.3. The predicted molar refractivity (Wildman–Crippen MR) is 152 cm³/mol. The van der Waals surface area contributed by atoms with Crippen LogP contribution in [0.1, 0.15) is 41.6 Å². The molecule has 3 aromatic carbocycles. The molecule has 2 aliphatic heterocycles. The molecule has 0 spiro atoms. The van der Waals surface area contributed by atoms with Gasteiger partial charge >= 0.3 is 0 Å². The van der Waals surface area contributed by atoms with Gasteiger partial charge in [-0.15, -0.1) is 0 Å². The third-order valence-electron chi connectivity index (χ3n) is 7.57. The van der Waals surface area contributed by atoms with E-state index in [9.17, 15) is 14.7 Å². The maximum atomic E-state index is 13.4. The van der Waals surface area contributed by atoms with Crippen molar-refractivity contribution in [1.82, 2.24) is 9.88 Å². The zero-order chi connectivity index (χ0) is 28.3. The number of carbonyl (C=O) groups excluding carboxylic acids is 2. The smallest absolute Gasteiger partial charge is 0.295 e. The first-order chi connectivity index (χ1) is 20.0. The molecule has 0 radical (unpaired) electrons. The van der Waals surface area contributed by atoms with Crippen LogP contribution in [0.5, 0.6) is 11.5 Å². The van der Waals surface area contributed by atoms with Gasteiger partial charge in [0.15, 0.2) is 0 Å². The number of carbonyl (C=O) groups is 2. The summed E-state index contributed by atoms with van der Waals surface area (Å²) in [5.41, 5.74) is 3.34. The molecule has 0 bridgehead atoms. The molecule has 2 atom stereocenters. The van der Waals surface area contributed by atoms with E-state index >= 15 is 0 Å². The topological polar surface area (TPSA) is 95.7 Å². The quantitative estimate of drug-likeness (QED) is 0.136. The van der Waals surface area contributed by atoms with E-state index in [1.807, 2.05) is 96.9 Å². The van der Waals surface area contributed by atoms with E-state index in [2.05, 4.69) is 4.98 Å². The summed E-state index contributed by atoms with van der Waals surface area (Å²) in [6.07, 6.45) is 6.99. The number of aromatic nitrogens is 2. The molecule has 1 aromatic heterocycles. The van der Waals surface area contributed by atoms with Crippen LogP contribution in [0, 0.1) is 0 Å². The minimum absolute atomic E-state index is 0.0495. The zero-order valence-electron chi connectivity index (χ0n) is 22.8. The zero-order valence-corrected chi connectivity index (χ0v) is 22.8. The molecule has 1 fully saturated rings. The lowest BCUT2D eigenvalue weighted by molar-refractivity contribution is -0.695. The van der Waals surface area contributed by atoms with E-state index in [4.69, 9.17) is 9.47 Å². The van der Waals surface area contributed by atoms with Crippen molar-refractivity contribution >= 4 is 17.4 Å². The van der Waals surface area contributed by atoms with E-state index in [0.717, 1.165) is 28.9 Å².